The maximum absolute atomic E-state index is 12.6. The van der Waals surface area contributed by atoms with Crippen LogP contribution in [0.5, 0.6) is 0 Å². The lowest BCUT2D eigenvalue weighted by molar-refractivity contribution is -0.117. The largest absolute Gasteiger partial charge is 0.459 e. The number of aromatic nitrogens is 2. The molecule has 1 aromatic carbocycles. The van der Waals surface area contributed by atoms with Gasteiger partial charge in [-0.25, -0.2) is 4.98 Å². The molecule has 0 aliphatic carbocycles. The first-order valence-corrected chi connectivity index (χ1v) is 9.06. The molecular formula is C20H19ClN4O3. The zero-order chi connectivity index (χ0) is 19.8. The number of hydrogen-bond donors (Lipinski definition) is 2. The molecule has 0 saturated heterocycles. The van der Waals surface area contributed by atoms with Crippen molar-refractivity contribution in [1.82, 2.24) is 20.2 Å². The number of carbonyl (C=O) groups excluding carboxylic acids is 2. The van der Waals surface area contributed by atoms with Crippen molar-refractivity contribution < 1.29 is 14.0 Å². The summed E-state index contributed by atoms with van der Waals surface area (Å²) in [5, 5.41) is 5.87. The Morgan fingerprint density at radius 3 is 2.79 bits per heavy atom. The molecule has 0 aliphatic heterocycles. The van der Waals surface area contributed by atoms with Crippen LogP contribution in [0.15, 0.2) is 71.5 Å². The Kier molecular flexibility index (Phi) is 6.64. The van der Waals surface area contributed by atoms with Crippen LogP contribution in [0.3, 0.4) is 0 Å². The normalized spacial score (nSPS) is 11.2. The minimum absolute atomic E-state index is 0.0807. The van der Waals surface area contributed by atoms with Gasteiger partial charge in [0.05, 0.1) is 12.6 Å². The van der Waals surface area contributed by atoms with Crippen LogP contribution in [0.1, 0.15) is 22.5 Å². The second kappa shape index (κ2) is 9.57. The van der Waals surface area contributed by atoms with E-state index in [2.05, 4.69) is 15.6 Å². The molecule has 0 unspecified atom stereocenters. The lowest BCUT2D eigenvalue weighted by atomic mass is 10.2. The van der Waals surface area contributed by atoms with Crippen molar-refractivity contribution in [3.05, 3.63) is 83.4 Å². The van der Waals surface area contributed by atoms with Gasteiger partial charge in [0.2, 0.25) is 0 Å². The van der Waals surface area contributed by atoms with Gasteiger partial charge in [-0.05, 0) is 36.3 Å². The van der Waals surface area contributed by atoms with Gasteiger partial charge in [-0.15, -0.1) is 0 Å². The van der Waals surface area contributed by atoms with Crippen LogP contribution in [0.2, 0.25) is 5.02 Å². The highest BCUT2D eigenvalue weighted by Gasteiger charge is 2.16. The first-order valence-electron chi connectivity index (χ1n) is 8.68. The zero-order valence-corrected chi connectivity index (χ0v) is 15.7. The Labute approximate surface area is 167 Å². The van der Waals surface area contributed by atoms with Gasteiger partial charge in [-0.2, -0.15) is 0 Å². The van der Waals surface area contributed by atoms with Gasteiger partial charge in [0.15, 0.2) is 5.76 Å². The average molecular weight is 399 g/mol. The average Bonchev–Trinajstić information content (AvgIpc) is 3.40. The molecule has 0 aliphatic rings. The van der Waals surface area contributed by atoms with Crippen LogP contribution in [0.25, 0.3) is 6.08 Å². The molecule has 2 amide bonds. The lowest BCUT2D eigenvalue weighted by Crippen LogP contribution is -2.35. The first kappa shape index (κ1) is 19.4. The van der Waals surface area contributed by atoms with Crippen LogP contribution >= 0.6 is 11.6 Å². The quantitative estimate of drug-likeness (QED) is 0.450. The molecule has 0 bridgehead atoms. The number of benzene rings is 1. The summed E-state index contributed by atoms with van der Waals surface area (Å²) in [6, 6.07) is 10.2. The SMILES string of the molecule is O=C(NCCCn1ccnc1)C(=Cc1ccccc1Cl)NC(=O)c1ccco1. The van der Waals surface area contributed by atoms with Crippen molar-refractivity contribution in [2.75, 3.05) is 6.54 Å². The third kappa shape index (κ3) is 5.34. The standard InChI is InChI=1S/C20H19ClN4O3/c21-16-6-2-1-5-15(16)13-17(24-20(27)18-7-3-12-28-18)19(26)23-8-4-10-25-11-9-22-14-25/h1-3,5-7,9,11-14H,4,8,10H2,(H,23,26)(H,24,27). The maximum atomic E-state index is 12.6. The predicted molar refractivity (Wildman–Crippen MR) is 105 cm³/mol. The molecule has 0 spiro atoms. The van der Waals surface area contributed by atoms with Gasteiger partial charge in [0, 0.05) is 30.5 Å². The van der Waals surface area contributed by atoms with Crippen LogP contribution in [-0.4, -0.2) is 27.9 Å². The summed E-state index contributed by atoms with van der Waals surface area (Å²) < 4.78 is 7.01. The summed E-state index contributed by atoms with van der Waals surface area (Å²) >= 11 is 6.18. The number of carbonyl (C=O) groups is 2. The molecule has 28 heavy (non-hydrogen) atoms. The highest BCUT2D eigenvalue weighted by atomic mass is 35.5. The van der Waals surface area contributed by atoms with Crippen molar-refractivity contribution in [2.24, 2.45) is 0 Å². The van der Waals surface area contributed by atoms with Crippen molar-refractivity contribution in [1.29, 1.82) is 0 Å². The summed E-state index contributed by atoms with van der Waals surface area (Å²) in [6.45, 7) is 1.16. The van der Waals surface area contributed by atoms with E-state index in [1.165, 1.54) is 18.4 Å². The summed E-state index contributed by atoms with van der Waals surface area (Å²) in [4.78, 5) is 28.9. The van der Waals surface area contributed by atoms with Crippen molar-refractivity contribution in [3.8, 4) is 0 Å². The summed E-state index contributed by atoms with van der Waals surface area (Å²) in [5.41, 5.74) is 0.699. The van der Waals surface area contributed by atoms with Gasteiger partial charge in [-0.3, -0.25) is 9.59 Å². The Bertz CT molecular complexity index is 950. The van der Waals surface area contributed by atoms with E-state index in [9.17, 15) is 9.59 Å². The molecule has 0 saturated carbocycles. The molecule has 7 nitrogen and oxygen atoms in total. The Hall–Kier alpha value is -3.32. The van der Waals surface area contributed by atoms with Gasteiger partial charge < -0.3 is 19.6 Å². The number of rotatable bonds is 8. The van der Waals surface area contributed by atoms with E-state index in [-0.39, 0.29) is 11.5 Å². The van der Waals surface area contributed by atoms with Crippen molar-refractivity contribution in [2.45, 2.75) is 13.0 Å². The lowest BCUT2D eigenvalue weighted by Gasteiger charge is -2.11. The molecule has 144 valence electrons. The fourth-order valence-electron chi connectivity index (χ4n) is 2.48. The highest BCUT2D eigenvalue weighted by Crippen LogP contribution is 2.18. The Morgan fingerprint density at radius 2 is 2.07 bits per heavy atom. The fourth-order valence-corrected chi connectivity index (χ4v) is 2.67. The molecule has 8 heteroatoms. The molecule has 0 radical (unpaired) electrons. The van der Waals surface area contributed by atoms with Gasteiger partial charge in [0.25, 0.3) is 11.8 Å². The van der Waals surface area contributed by atoms with Crippen LogP contribution < -0.4 is 10.6 Å². The van der Waals surface area contributed by atoms with E-state index >= 15 is 0 Å². The Morgan fingerprint density at radius 1 is 1.21 bits per heavy atom. The zero-order valence-electron chi connectivity index (χ0n) is 15.0. The highest BCUT2D eigenvalue weighted by molar-refractivity contribution is 6.32. The minimum Gasteiger partial charge on any atom is -0.459 e. The second-order valence-electron chi connectivity index (χ2n) is 5.92. The minimum atomic E-state index is -0.517. The van der Waals surface area contributed by atoms with Crippen molar-refractivity contribution >= 4 is 29.5 Å². The third-order valence-corrected chi connectivity index (χ3v) is 4.22. The summed E-state index contributed by atoms with van der Waals surface area (Å²) in [6.07, 6.45) is 8.92. The van der Waals surface area contributed by atoms with Gasteiger partial charge >= 0.3 is 0 Å². The van der Waals surface area contributed by atoms with E-state index in [0.29, 0.717) is 23.6 Å². The molecule has 3 rings (SSSR count). The third-order valence-electron chi connectivity index (χ3n) is 3.88. The monoisotopic (exact) mass is 398 g/mol. The predicted octanol–water partition coefficient (Wildman–Crippen LogP) is 3.11. The maximum Gasteiger partial charge on any atom is 0.291 e. The van der Waals surface area contributed by atoms with Crippen molar-refractivity contribution in [3.63, 3.8) is 0 Å². The number of imidazole rings is 1. The molecule has 3 aromatic rings. The number of nitrogens with one attached hydrogen (secondary N) is 2. The Balaban J connectivity index is 1.68. The number of furan rings is 1. The van der Waals surface area contributed by atoms with Crippen LogP contribution in [0.4, 0.5) is 0 Å². The summed E-state index contributed by atoms with van der Waals surface area (Å²) in [5.74, 6) is -0.819. The van der Waals surface area contributed by atoms with Crippen LogP contribution in [0, 0.1) is 0 Å². The number of halogens is 1. The van der Waals surface area contributed by atoms with E-state index in [4.69, 9.17) is 16.0 Å². The molecule has 2 heterocycles. The topological polar surface area (TPSA) is 89.2 Å². The van der Waals surface area contributed by atoms with E-state index in [1.54, 1.807) is 42.9 Å². The van der Waals surface area contributed by atoms with E-state index in [1.807, 2.05) is 10.8 Å². The number of aryl methyl sites for hydroxylation is 1. The molecule has 2 aromatic heterocycles. The van der Waals surface area contributed by atoms with Gasteiger partial charge in [0.1, 0.15) is 5.70 Å². The molecule has 0 fully saturated rings. The van der Waals surface area contributed by atoms with Crippen LogP contribution in [-0.2, 0) is 11.3 Å². The summed E-state index contributed by atoms with van der Waals surface area (Å²) in [7, 11) is 0. The first-order chi connectivity index (χ1) is 13.6. The van der Waals surface area contributed by atoms with E-state index < -0.39 is 11.8 Å². The number of hydrogen-bond acceptors (Lipinski definition) is 4. The van der Waals surface area contributed by atoms with Gasteiger partial charge in [-0.1, -0.05) is 29.8 Å². The molecule has 0 atom stereocenters. The fraction of sp³-hybridized carbons (Fsp3) is 0.150. The molecular weight excluding hydrogens is 380 g/mol. The number of nitrogens with zero attached hydrogens (tertiary/aromatic N) is 2. The molecule has 2 N–H and O–H groups in total. The number of amides is 2. The smallest absolute Gasteiger partial charge is 0.291 e. The second-order valence-corrected chi connectivity index (χ2v) is 6.33. The van der Waals surface area contributed by atoms with E-state index in [0.717, 1.165) is 6.54 Å².